The molecule has 4 heteroatoms. The number of hydrogen-bond donors (Lipinski definition) is 3. The largest absolute Gasteiger partial charge is 0.399 e. The number of benzene rings is 2. The Labute approximate surface area is 112 Å². The van der Waals surface area contributed by atoms with Gasteiger partial charge in [-0.15, -0.1) is 0 Å². The van der Waals surface area contributed by atoms with Crippen molar-refractivity contribution < 1.29 is 0 Å². The topological polar surface area (TPSA) is 50.1 Å². The van der Waals surface area contributed by atoms with Crippen molar-refractivity contribution in [2.45, 2.75) is 6.92 Å². The van der Waals surface area contributed by atoms with Gasteiger partial charge in [-0.2, -0.15) is 0 Å². The molecule has 0 aliphatic carbocycles. The molecule has 0 spiro atoms. The number of nitrogens with one attached hydrogen (secondary N) is 2. The van der Waals surface area contributed by atoms with Crippen molar-refractivity contribution in [3.8, 4) is 0 Å². The maximum Gasteiger partial charge on any atom is 0.175 e. The number of nitrogens with two attached hydrogens (primary N) is 1. The lowest BCUT2D eigenvalue weighted by Gasteiger charge is -2.11. The summed E-state index contributed by atoms with van der Waals surface area (Å²) >= 11 is 5.24. The van der Waals surface area contributed by atoms with Crippen molar-refractivity contribution in [1.29, 1.82) is 0 Å². The minimum atomic E-state index is 0.561. The van der Waals surface area contributed by atoms with Crippen molar-refractivity contribution in [1.82, 2.24) is 0 Å². The third-order valence-corrected chi connectivity index (χ3v) is 2.65. The van der Waals surface area contributed by atoms with Crippen LogP contribution in [0.3, 0.4) is 0 Å². The Morgan fingerprint density at radius 1 is 1.00 bits per heavy atom. The van der Waals surface area contributed by atoms with Crippen LogP contribution < -0.4 is 16.4 Å². The molecule has 0 bridgehead atoms. The van der Waals surface area contributed by atoms with E-state index in [1.165, 1.54) is 5.56 Å². The van der Waals surface area contributed by atoms with Crippen LogP contribution in [0.1, 0.15) is 5.56 Å². The molecule has 2 rings (SSSR count). The molecule has 2 aromatic carbocycles. The van der Waals surface area contributed by atoms with E-state index in [-0.39, 0.29) is 0 Å². The highest BCUT2D eigenvalue weighted by molar-refractivity contribution is 7.80. The molecule has 0 aromatic heterocycles. The third-order valence-electron chi connectivity index (χ3n) is 2.44. The number of rotatable bonds is 2. The molecule has 0 atom stereocenters. The van der Waals surface area contributed by atoms with Crippen molar-refractivity contribution in [2.24, 2.45) is 0 Å². The summed E-state index contributed by atoms with van der Waals surface area (Å²) in [5, 5.41) is 6.80. The van der Waals surface area contributed by atoms with Gasteiger partial charge in [0.1, 0.15) is 0 Å². The molecule has 0 aliphatic rings. The van der Waals surface area contributed by atoms with Crippen LogP contribution in [-0.4, -0.2) is 5.11 Å². The van der Waals surface area contributed by atoms with Crippen LogP contribution in [0.4, 0.5) is 17.1 Å². The second-order valence-electron chi connectivity index (χ2n) is 4.07. The van der Waals surface area contributed by atoms with E-state index >= 15 is 0 Å². The predicted molar refractivity (Wildman–Crippen MR) is 81.9 cm³/mol. The smallest absolute Gasteiger partial charge is 0.175 e. The SMILES string of the molecule is Cc1cccc(NC(=S)Nc2ccc(N)cc2)c1. The fraction of sp³-hybridized carbons (Fsp3) is 0.0714. The van der Waals surface area contributed by atoms with Crippen molar-refractivity contribution >= 4 is 34.4 Å². The molecule has 0 aliphatic heterocycles. The minimum Gasteiger partial charge on any atom is -0.399 e. The lowest BCUT2D eigenvalue weighted by Crippen LogP contribution is -2.19. The van der Waals surface area contributed by atoms with Gasteiger partial charge in [-0.3, -0.25) is 0 Å². The lowest BCUT2D eigenvalue weighted by atomic mass is 10.2. The van der Waals surface area contributed by atoms with Crippen LogP contribution >= 0.6 is 12.2 Å². The van der Waals surface area contributed by atoms with Gasteiger partial charge in [0.25, 0.3) is 0 Å². The summed E-state index contributed by atoms with van der Waals surface area (Å²) in [6.45, 7) is 2.04. The quantitative estimate of drug-likeness (QED) is 0.570. The molecule has 0 saturated heterocycles. The Hall–Kier alpha value is -2.07. The van der Waals surface area contributed by atoms with E-state index in [4.69, 9.17) is 18.0 Å². The van der Waals surface area contributed by atoms with E-state index in [9.17, 15) is 0 Å². The van der Waals surface area contributed by atoms with Gasteiger partial charge in [0.2, 0.25) is 0 Å². The Balaban J connectivity index is 1.98. The first-order valence-electron chi connectivity index (χ1n) is 5.64. The maximum atomic E-state index is 5.62. The van der Waals surface area contributed by atoms with Gasteiger partial charge in [-0.25, -0.2) is 0 Å². The van der Waals surface area contributed by atoms with Crippen molar-refractivity contribution in [3.05, 3.63) is 54.1 Å². The Kier molecular flexibility index (Phi) is 3.79. The van der Waals surface area contributed by atoms with Crippen LogP contribution in [0.5, 0.6) is 0 Å². The number of aryl methyl sites for hydroxylation is 1. The van der Waals surface area contributed by atoms with Crippen LogP contribution in [0.25, 0.3) is 0 Å². The molecule has 0 unspecified atom stereocenters. The van der Waals surface area contributed by atoms with Gasteiger partial charge in [0.15, 0.2) is 5.11 Å². The molecule has 18 heavy (non-hydrogen) atoms. The molecule has 0 fully saturated rings. The minimum absolute atomic E-state index is 0.561. The monoisotopic (exact) mass is 257 g/mol. The van der Waals surface area contributed by atoms with Crippen molar-refractivity contribution in [3.63, 3.8) is 0 Å². The molecular formula is C14H15N3S. The molecule has 0 radical (unpaired) electrons. The average Bonchev–Trinajstić information content (AvgIpc) is 2.32. The molecule has 4 N–H and O–H groups in total. The van der Waals surface area contributed by atoms with Gasteiger partial charge >= 0.3 is 0 Å². The van der Waals surface area contributed by atoms with Crippen LogP contribution in [0.15, 0.2) is 48.5 Å². The van der Waals surface area contributed by atoms with Gasteiger partial charge in [-0.1, -0.05) is 12.1 Å². The summed E-state index contributed by atoms with van der Waals surface area (Å²) < 4.78 is 0. The average molecular weight is 257 g/mol. The highest BCUT2D eigenvalue weighted by Crippen LogP contribution is 2.13. The number of thiocarbonyl (C=S) groups is 1. The van der Waals surface area contributed by atoms with E-state index in [1.54, 1.807) is 0 Å². The summed E-state index contributed by atoms with van der Waals surface area (Å²) in [6.07, 6.45) is 0. The zero-order valence-corrected chi connectivity index (χ0v) is 10.9. The van der Waals surface area contributed by atoms with Gasteiger partial charge in [0, 0.05) is 17.1 Å². The molecule has 3 nitrogen and oxygen atoms in total. The third kappa shape index (κ3) is 3.46. The Morgan fingerprint density at radius 3 is 2.33 bits per heavy atom. The lowest BCUT2D eigenvalue weighted by molar-refractivity contribution is 1.46. The number of anilines is 3. The second kappa shape index (κ2) is 5.51. The second-order valence-corrected chi connectivity index (χ2v) is 4.48. The normalized spacial score (nSPS) is 9.83. The van der Waals surface area contributed by atoms with Crippen molar-refractivity contribution in [2.75, 3.05) is 16.4 Å². The molecule has 0 amide bonds. The summed E-state index contributed by atoms with van der Waals surface area (Å²) in [5.41, 5.74) is 9.43. The van der Waals surface area contributed by atoms with Crippen LogP contribution in [0, 0.1) is 6.92 Å². The Morgan fingerprint density at radius 2 is 1.67 bits per heavy atom. The predicted octanol–water partition coefficient (Wildman–Crippen LogP) is 3.39. The summed E-state index contributed by atoms with van der Waals surface area (Å²) in [4.78, 5) is 0. The first-order chi connectivity index (χ1) is 8.63. The first kappa shape index (κ1) is 12.4. The van der Waals surface area contributed by atoms with Gasteiger partial charge < -0.3 is 16.4 Å². The molecule has 0 saturated carbocycles. The highest BCUT2D eigenvalue weighted by Gasteiger charge is 1.98. The van der Waals surface area contributed by atoms with Gasteiger partial charge in [-0.05, 0) is 61.1 Å². The zero-order valence-electron chi connectivity index (χ0n) is 10.1. The summed E-state index contributed by atoms with van der Waals surface area (Å²) in [6, 6.07) is 15.5. The standard InChI is InChI=1S/C14H15N3S/c1-10-3-2-4-13(9-10)17-14(18)16-12-7-5-11(15)6-8-12/h2-9H,15H2,1H3,(H2,16,17,18). The fourth-order valence-electron chi connectivity index (χ4n) is 1.58. The zero-order chi connectivity index (χ0) is 13.0. The van der Waals surface area contributed by atoms with Crippen LogP contribution in [-0.2, 0) is 0 Å². The fourth-order valence-corrected chi connectivity index (χ4v) is 1.82. The van der Waals surface area contributed by atoms with E-state index in [0.29, 0.717) is 5.11 Å². The molecular weight excluding hydrogens is 242 g/mol. The van der Waals surface area contributed by atoms with E-state index in [2.05, 4.69) is 10.6 Å². The number of hydrogen-bond acceptors (Lipinski definition) is 2. The first-order valence-corrected chi connectivity index (χ1v) is 6.04. The molecule has 2 aromatic rings. The molecule has 0 heterocycles. The maximum absolute atomic E-state index is 5.62. The summed E-state index contributed by atoms with van der Waals surface area (Å²) in [7, 11) is 0. The summed E-state index contributed by atoms with van der Waals surface area (Å²) in [5.74, 6) is 0. The highest BCUT2D eigenvalue weighted by atomic mass is 32.1. The van der Waals surface area contributed by atoms with Crippen LogP contribution in [0.2, 0.25) is 0 Å². The number of nitrogen functional groups attached to an aromatic ring is 1. The van der Waals surface area contributed by atoms with Gasteiger partial charge in [0.05, 0.1) is 0 Å². The Bertz CT molecular complexity index is 549. The van der Waals surface area contributed by atoms with E-state index in [1.807, 2.05) is 55.5 Å². The van der Waals surface area contributed by atoms with E-state index in [0.717, 1.165) is 17.1 Å². The molecule has 92 valence electrons. The van der Waals surface area contributed by atoms with E-state index < -0.39 is 0 Å².